The molecule has 17 nitrogen and oxygen atoms in total. The van der Waals surface area contributed by atoms with Crippen molar-refractivity contribution in [3.8, 4) is 54.6 Å². The van der Waals surface area contributed by atoms with Crippen LogP contribution in [0.1, 0.15) is 50.6 Å². The minimum Gasteiger partial charge on any atom is -0.226 e. The number of hydrogen-bond acceptors (Lipinski definition) is 17. The summed E-state index contributed by atoms with van der Waals surface area (Å²) in [6.07, 6.45) is 0. The summed E-state index contributed by atoms with van der Waals surface area (Å²) in [5.41, 5.74) is -0.921. The molecule has 240 valence electrons. The Morgan fingerprint density at radius 3 is 0.796 bits per heavy atom. The zero-order valence-electron chi connectivity index (χ0n) is 26.6. The van der Waals surface area contributed by atoms with Gasteiger partial charge in [0.25, 0.3) is 0 Å². The fourth-order valence-corrected chi connectivity index (χ4v) is 5.38. The van der Waals surface area contributed by atoms with Crippen LogP contribution in [-0.2, 0) is 0 Å². The standard InChI is InChI=1S/C37H7N17/c38-8-17-1-28-29(2-18(17)9-39)50-34(49-28)23(14-44)26-7-27(24(15-45)35-51-30-3-19(10-40)20(11-41)4-31(30)52-35)48-36(47-26)25(16-46)37-53-32-5-21(12-42)22(13-43)6-33(32)54-37/h1-7H. The Morgan fingerprint density at radius 2 is 0.574 bits per heavy atom. The van der Waals surface area contributed by atoms with Gasteiger partial charge in [0.15, 0.2) is 23.3 Å². The molecule has 7 rings (SSSR count). The van der Waals surface area contributed by atoms with Crippen molar-refractivity contribution in [3.63, 3.8) is 0 Å². The maximum absolute atomic E-state index is 10.4. The lowest BCUT2D eigenvalue weighted by Gasteiger charge is -2.08. The highest BCUT2D eigenvalue weighted by Gasteiger charge is 2.24. The van der Waals surface area contributed by atoms with Gasteiger partial charge in [0, 0.05) is 0 Å². The number of fused-ring (bicyclic) bond motifs is 3. The van der Waals surface area contributed by atoms with Gasteiger partial charge in [-0.25, -0.2) is 39.9 Å². The molecule has 17 heteroatoms. The van der Waals surface area contributed by atoms with E-state index in [1.807, 2.05) is 54.6 Å². The maximum Gasteiger partial charge on any atom is 0.175 e. The number of nitrogens with zero attached hydrogens (tertiary/aromatic N) is 17. The van der Waals surface area contributed by atoms with E-state index in [1.54, 1.807) is 0 Å². The fourth-order valence-electron chi connectivity index (χ4n) is 5.38. The van der Waals surface area contributed by atoms with Crippen LogP contribution >= 0.6 is 0 Å². The van der Waals surface area contributed by atoms with Gasteiger partial charge in [0.2, 0.25) is 0 Å². The number of rotatable bonds is 3. The lowest BCUT2D eigenvalue weighted by Crippen LogP contribution is -2.22. The molecular formula is C37H7N17. The average molecular weight is 690 g/mol. The molecular weight excluding hydrogens is 683 g/mol. The van der Waals surface area contributed by atoms with Crippen LogP contribution in [0.25, 0.3) is 16.7 Å². The van der Waals surface area contributed by atoms with Gasteiger partial charge in [-0.15, -0.1) is 0 Å². The summed E-state index contributed by atoms with van der Waals surface area (Å²) in [4.78, 5) is 35.2. The second kappa shape index (κ2) is 12.9. The third-order valence-electron chi connectivity index (χ3n) is 7.89. The minimum absolute atomic E-state index is 0.0359. The Labute approximate surface area is 300 Å². The van der Waals surface area contributed by atoms with E-state index in [9.17, 15) is 47.4 Å². The number of aromatic nitrogens is 2. The number of nitriles is 9. The van der Waals surface area contributed by atoms with Gasteiger partial charge in [-0.3, -0.25) is 0 Å². The van der Waals surface area contributed by atoms with Gasteiger partial charge in [-0.1, -0.05) is 0 Å². The molecule has 1 aromatic heterocycles. The molecule has 0 amide bonds. The number of allylic oxidation sites excluding steroid dienone is 3. The summed E-state index contributed by atoms with van der Waals surface area (Å²) in [7, 11) is 0. The highest BCUT2D eigenvalue weighted by atomic mass is 15.0. The van der Waals surface area contributed by atoms with E-state index in [1.165, 1.54) is 42.5 Å². The van der Waals surface area contributed by atoms with E-state index in [0.717, 1.165) is 0 Å². The highest BCUT2D eigenvalue weighted by Crippen LogP contribution is 2.28. The molecule has 0 aliphatic carbocycles. The molecule has 3 aromatic carbocycles. The lowest BCUT2D eigenvalue weighted by atomic mass is 10.1. The summed E-state index contributed by atoms with van der Waals surface area (Å²) in [5.74, 6) is -0.874. The molecule has 0 spiro atoms. The Hall–Kier alpha value is -9.83. The van der Waals surface area contributed by atoms with E-state index in [-0.39, 0.29) is 117 Å². The third-order valence-corrected chi connectivity index (χ3v) is 7.89. The molecule has 0 N–H and O–H groups in total. The number of hydrogen-bond donors (Lipinski definition) is 0. The smallest absolute Gasteiger partial charge is 0.175 e. The van der Waals surface area contributed by atoms with Crippen LogP contribution in [0.4, 0.5) is 0 Å². The van der Waals surface area contributed by atoms with E-state index >= 15 is 0 Å². The molecule has 0 radical (unpaired) electrons. The Bertz CT molecular complexity index is 2890. The van der Waals surface area contributed by atoms with E-state index < -0.39 is 0 Å². The number of benzene rings is 3. The summed E-state index contributed by atoms with van der Waals surface area (Å²) in [6.45, 7) is 0. The van der Waals surface area contributed by atoms with Crippen LogP contribution < -0.4 is 32.1 Å². The average Bonchev–Trinajstić information content (AvgIpc) is 3.92. The van der Waals surface area contributed by atoms with E-state index in [4.69, 9.17) is 0 Å². The second-order valence-electron chi connectivity index (χ2n) is 10.9. The zero-order valence-corrected chi connectivity index (χ0v) is 26.6. The van der Waals surface area contributed by atoms with Crippen LogP contribution in [0.3, 0.4) is 0 Å². The minimum atomic E-state index is -0.355. The maximum atomic E-state index is 10.4. The van der Waals surface area contributed by atoms with Crippen molar-refractivity contribution in [3.05, 3.63) is 143 Å². The van der Waals surface area contributed by atoms with Gasteiger partial charge in [-0.05, 0) is 42.5 Å². The summed E-state index contributed by atoms with van der Waals surface area (Å²) < 4.78 is 0. The van der Waals surface area contributed by atoms with E-state index in [2.05, 4.69) is 39.9 Å². The molecule has 4 aromatic rings. The molecule has 0 fully saturated rings. The van der Waals surface area contributed by atoms with Crippen molar-refractivity contribution in [2.24, 2.45) is 30.0 Å². The Kier molecular flexibility index (Phi) is 7.81. The molecule has 0 saturated heterocycles. The van der Waals surface area contributed by atoms with Crippen molar-refractivity contribution in [1.29, 1.82) is 47.4 Å². The Morgan fingerprint density at radius 1 is 0.333 bits per heavy atom. The van der Waals surface area contributed by atoms with Gasteiger partial charge < -0.3 is 0 Å². The van der Waals surface area contributed by atoms with Crippen molar-refractivity contribution < 1.29 is 0 Å². The first kappa shape index (κ1) is 32.7. The van der Waals surface area contributed by atoms with Gasteiger partial charge >= 0.3 is 0 Å². The van der Waals surface area contributed by atoms with Crippen LogP contribution in [0, 0.1) is 102 Å². The first-order valence-corrected chi connectivity index (χ1v) is 14.9. The van der Waals surface area contributed by atoms with Crippen LogP contribution in [0.2, 0.25) is 0 Å². The topological polar surface area (TPSA) is 314 Å². The predicted octanol–water partition coefficient (Wildman–Crippen LogP) is 0.142. The third kappa shape index (κ3) is 5.30. The van der Waals surface area contributed by atoms with Crippen molar-refractivity contribution in [2.75, 3.05) is 0 Å². The molecule has 4 heterocycles. The first-order valence-electron chi connectivity index (χ1n) is 14.9. The van der Waals surface area contributed by atoms with E-state index in [0.29, 0.717) is 0 Å². The molecule has 0 atom stereocenters. The lowest BCUT2D eigenvalue weighted by molar-refractivity contribution is 1.06. The monoisotopic (exact) mass is 689 g/mol. The molecule has 0 saturated carbocycles. The molecule has 0 bridgehead atoms. The predicted molar refractivity (Wildman–Crippen MR) is 174 cm³/mol. The fraction of sp³-hybridized carbons (Fsp3) is 0. The normalized spacial score (nSPS) is 11.9. The van der Waals surface area contributed by atoms with Crippen molar-refractivity contribution >= 4 is 16.7 Å². The second-order valence-corrected chi connectivity index (χ2v) is 10.9. The molecule has 3 aliphatic rings. The van der Waals surface area contributed by atoms with Crippen LogP contribution in [0.5, 0.6) is 0 Å². The van der Waals surface area contributed by atoms with Gasteiger partial charge in [0.1, 0.15) is 71.3 Å². The SMILES string of the molecule is N#CC(=C1N=c2cc(C#N)c(C#N)cc2=N1)c1cc(C(C#N)=C2N=c3cc(C#N)c(C#N)cc3=N2)nc(C(C#N)=C2N=c3cc(C#N)c(C#N)cc3=N2)n1. The summed E-state index contributed by atoms with van der Waals surface area (Å²) in [6, 6.07) is 26.7. The zero-order chi connectivity index (χ0) is 38.1. The van der Waals surface area contributed by atoms with Crippen LogP contribution in [0.15, 0.2) is 89.9 Å². The summed E-state index contributed by atoms with van der Waals surface area (Å²) in [5, 5.41) is 89.4. The van der Waals surface area contributed by atoms with Crippen LogP contribution in [-0.4, -0.2) is 9.97 Å². The van der Waals surface area contributed by atoms with Gasteiger partial charge in [0.05, 0.1) is 76.9 Å². The highest BCUT2D eigenvalue weighted by molar-refractivity contribution is 5.84. The Balaban J connectivity index is 1.51. The molecule has 0 unspecified atom stereocenters. The van der Waals surface area contributed by atoms with Gasteiger partial charge in [-0.2, -0.15) is 47.4 Å². The molecule has 3 aliphatic heterocycles. The quantitative estimate of drug-likeness (QED) is 0.260. The summed E-state index contributed by atoms with van der Waals surface area (Å²) >= 11 is 0. The first-order chi connectivity index (χ1) is 26.3. The van der Waals surface area contributed by atoms with Crippen molar-refractivity contribution in [2.45, 2.75) is 0 Å². The largest absolute Gasteiger partial charge is 0.226 e. The molecule has 54 heavy (non-hydrogen) atoms. The van der Waals surface area contributed by atoms with Crippen molar-refractivity contribution in [1.82, 2.24) is 9.97 Å².